The van der Waals surface area contributed by atoms with E-state index in [1.54, 1.807) is 12.1 Å². The summed E-state index contributed by atoms with van der Waals surface area (Å²) in [6.07, 6.45) is 0. The molecule has 1 aromatic rings. The van der Waals surface area contributed by atoms with Gasteiger partial charge in [-0.15, -0.1) is 0 Å². The summed E-state index contributed by atoms with van der Waals surface area (Å²) in [5.74, 6) is -0.171. The van der Waals surface area contributed by atoms with Gasteiger partial charge in [0.15, 0.2) is 0 Å². The van der Waals surface area contributed by atoms with Gasteiger partial charge in [0.1, 0.15) is 5.82 Å². The summed E-state index contributed by atoms with van der Waals surface area (Å²) >= 11 is 0. The molecule has 0 fully saturated rings. The van der Waals surface area contributed by atoms with Crippen molar-refractivity contribution in [2.45, 2.75) is 6.92 Å². The first-order valence-corrected chi connectivity index (χ1v) is 5.13. The van der Waals surface area contributed by atoms with E-state index in [0.29, 0.717) is 0 Å². The van der Waals surface area contributed by atoms with Crippen LogP contribution in [0.3, 0.4) is 0 Å². The van der Waals surface area contributed by atoms with Crippen molar-refractivity contribution >= 4 is 21.8 Å². The van der Waals surface area contributed by atoms with Crippen LogP contribution in [-0.4, -0.2) is 21.8 Å². The fraction of sp³-hybridized carbons (Fsp3) is 0.143. The normalized spacial score (nSPS) is 10.6. The second-order valence-electron chi connectivity index (χ2n) is 3.28. The molecule has 0 aliphatic rings. The molecule has 0 heterocycles. The Balaban J connectivity index is -0.0000000714. The summed E-state index contributed by atoms with van der Waals surface area (Å²) in [5, 5.41) is 0. The Labute approximate surface area is 172 Å². The number of hydrogen-bond acceptors (Lipinski definition) is 0. The number of hydrogen-bond donors (Lipinski definition) is 0. The molecule has 0 saturated carbocycles. The number of benzene rings is 1. The first-order valence-electron chi connectivity index (χ1n) is 5.13. The maximum absolute atomic E-state index is 12.1. The molecule has 0 amide bonds. The molecule has 0 saturated heterocycles. The van der Waals surface area contributed by atoms with Gasteiger partial charge in [-0.1, -0.05) is 17.7 Å². The van der Waals surface area contributed by atoms with Crippen molar-refractivity contribution in [3.63, 3.8) is 0 Å². The summed E-state index contributed by atoms with van der Waals surface area (Å²) in [6.45, 7) is 1.93. The van der Waals surface area contributed by atoms with E-state index in [1.807, 2.05) is 6.92 Å². The van der Waals surface area contributed by atoms with Crippen molar-refractivity contribution in [3.8, 4) is 0 Å². The molecular formula is C7H8B3F13K-3. The molecular weight excluding hydrogens is 403 g/mol. The predicted molar refractivity (Wildman–Crippen MR) is 62.8 cm³/mol. The first-order chi connectivity index (χ1) is 9.79. The molecule has 0 radical (unpaired) electrons. The molecule has 0 N–H and O–H groups in total. The zero-order chi connectivity index (χ0) is 19.5. The average Bonchev–Trinajstić information content (AvgIpc) is 2.14. The van der Waals surface area contributed by atoms with E-state index < -0.39 is 21.8 Å². The van der Waals surface area contributed by atoms with Crippen LogP contribution in [0.1, 0.15) is 6.99 Å². The molecule has 0 spiro atoms. The van der Waals surface area contributed by atoms with Crippen LogP contribution in [0, 0.1) is 12.7 Å². The third-order valence-corrected chi connectivity index (χ3v) is 1.01. The van der Waals surface area contributed by atoms with Gasteiger partial charge in [-0.2, -0.15) is 0 Å². The Bertz CT molecular complexity index is 337. The molecule has 140 valence electrons. The van der Waals surface area contributed by atoms with Crippen molar-refractivity contribution < 1.29 is 109 Å². The van der Waals surface area contributed by atoms with E-state index in [2.05, 4.69) is 0 Å². The van der Waals surface area contributed by atoms with Gasteiger partial charge in [0.25, 0.3) is 0 Å². The maximum atomic E-state index is 12.1. The number of aryl methyl sites for hydroxylation is 1. The van der Waals surface area contributed by atoms with Crippen molar-refractivity contribution in [1.82, 2.24) is 0 Å². The van der Waals surface area contributed by atoms with Gasteiger partial charge in [0.05, 0.1) is 0 Å². The number of halogens is 13. The minimum Gasteiger partial charge on any atom is -1.00 e. The largest absolute Gasteiger partial charge is 1.00 e. The summed E-state index contributed by atoms with van der Waals surface area (Å²) < 4.78 is 129. The van der Waals surface area contributed by atoms with Crippen molar-refractivity contribution in [2.24, 2.45) is 0 Å². The molecule has 0 unspecified atom stereocenters. The second-order valence-corrected chi connectivity index (χ2v) is 3.28. The van der Waals surface area contributed by atoms with Crippen LogP contribution in [0.4, 0.5) is 56.2 Å². The summed E-state index contributed by atoms with van der Waals surface area (Å²) in [5.41, 5.74) is 1.09. The second kappa shape index (κ2) is 14.3. The van der Waals surface area contributed by atoms with Gasteiger partial charge >= 0.3 is 73.1 Å². The van der Waals surface area contributed by atoms with Gasteiger partial charge in [0.2, 0.25) is 0 Å². The van der Waals surface area contributed by atoms with Crippen LogP contribution in [0.2, 0.25) is 0 Å². The Kier molecular flexibility index (Phi) is 19.0. The number of rotatable bonds is 0. The summed E-state index contributed by atoms with van der Waals surface area (Å²) in [4.78, 5) is 0. The average molecular weight is 411 g/mol. The van der Waals surface area contributed by atoms with E-state index in [0.717, 1.165) is 5.56 Å². The van der Waals surface area contributed by atoms with Gasteiger partial charge in [-0.25, -0.2) is 4.39 Å². The standard InChI is InChI=1S/C7H7F.3BF4.K.H/c1-6-2-4-7(8)5-3-6;3*2-1(3,4)5;;/h2-5H,1H3;;;;;/q;3*-1;+1;-1. The Morgan fingerprint density at radius 3 is 0.875 bits per heavy atom. The molecule has 0 nitrogen and oxygen atoms in total. The fourth-order valence-corrected chi connectivity index (χ4v) is 0.533. The van der Waals surface area contributed by atoms with Crippen LogP contribution in [0.15, 0.2) is 24.3 Å². The molecule has 0 aliphatic heterocycles. The van der Waals surface area contributed by atoms with E-state index >= 15 is 0 Å². The van der Waals surface area contributed by atoms with Crippen molar-refractivity contribution in [3.05, 3.63) is 35.6 Å². The Morgan fingerprint density at radius 2 is 0.750 bits per heavy atom. The van der Waals surface area contributed by atoms with Gasteiger partial charge in [0, 0.05) is 0 Å². The molecule has 17 heteroatoms. The van der Waals surface area contributed by atoms with Crippen LogP contribution in [-0.2, 0) is 0 Å². The van der Waals surface area contributed by atoms with Gasteiger partial charge in [-0.05, 0) is 19.1 Å². The van der Waals surface area contributed by atoms with Crippen LogP contribution in [0.5, 0.6) is 0 Å². The third-order valence-electron chi connectivity index (χ3n) is 1.01. The molecule has 0 aromatic heterocycles. The van der Waals surface area contributed by atoms with Crippen LogP contribution in [0.25, 0.3) is 0 Å². The molecule has 24 heavy (non-hydrogen) atoms. The fourth-order valence-electron chi connectivity index (χ4n) is 0.533. The van der Waals surface area contributed by atoms with E-state index in [9.17, 15) is 56.2 Å². The molecule has 0 aliphatic carbocycles. The monoisotopic (exact) mass is 411 g/mol. The van der Waals surface area contributed by atoms with Crippen LogP contribution >= 0.6 is 0 Å². The summed E-state index contributed by atoms with van der Waals surface area (Å²) in [6, 6.07) is 6.40. The van der Waals surface area contributed by atoms with E-state index in [4.69, 9.17) is 0 Å². The maximum Gasteiger partial charge on any atom is 1.00 e. The van der Waals surface area contributed by atoms with E-state index in [-0.39, 0.29) is 58.6 Å². The van der Waals surface area contributed by atoms with Gasteiger partial charge < -0.3 is 53.2 Å². The first kappa shape index (κ1) is 31.9. The van der Waals surface area contributed by atoms with Crippen molar-refractivity contribution in [2.75, 3.05) is 0 Å². The zero-order valence-corrected chi connectivity index (χ0v) is 15.1. The Morgan fingerprint density at radius 1 is 0.583 bits per heavy atom. The van der Waals surface area contributed by atoms with Crippen molar-refractivity contribution in [1.29, 1.82) is 0 Å². The quantitative estimate of drug-likeness (QED) is 0.455. The smallest absolute Gasteiger partial charge is 1.00 e. The van der Waals surface area contributed by atoms with Gasteiger partial charge in [-0.3, -0.25) is 0 Å². The molecule has 0 atom stereocenters. The summed E-state index contributed by atoms with van der Waals surface area (Å²) in [7, 11) is -18.0. The van der Waals surface area contributed by atoms with Crippen LogP contribution < -0.4 is 51.4 Å². The minimum atomic E-state index is -6.00. The predicted octanol–water partition coefficient (Wildman–Crippen LogP) is 3.15. The molecule has 1 rings (SSSR count). The topological polar surface area (TPSA) is 0 Å². The molecule has 1 aromatic carbocycles. The SMILES string of the molecule is Cc1ccc(F)cc1.F[B-](F)(F)F.F[B-](F)(F)F.F[B-](F)(F)F.[H-].[K+]. The Hall–Kier alpha value is 0.141. The third kappa shape index (κ3) is 96.2. The minimum absolute atomic E-state index is 0. The molecule has 0 bridgehead atoms. The zero-order valence-electron chi connectivity index (χ0n) is 13.0. The van der Waals surface area contributed by atoms with E-state index in [1.165, 1.54) is 12.1 Å².